The van der Waals surface area contributed by atoms with Crippen molar-refractivity contribution in [2.45, 2.75) is 5.75 Å². The highest BCUT2D eigenvalue weighted by Gasteiger charge is 2.08. The van der Waals surface area contributed by atoms with Gasteiger partial charge >= 0.3 is 0 Å². The van der Waals surface area contributed by atoms with Crippen LogP contribution >= 0.6 is 11.8 Å². The number of carbonyl (C=O) groups excluding carboxylic acids is 2. The molecular formula is C24H22N4O4S. The lowest BCUT2D eigenvalue weighted by atomic mass is 10.1. The number of hydrazine groups is 1. The second-order valence-electron chi connectivity index (χ2n) is 6.97. The van der Waals surface area contributed by atoms with Crippen molar-refractivity contribution in [3.05, 3.63) is 112 Å². The van der Waals surface area contributed by atoms with Crippen LogP contribution in [-0.2, 0) is 10.5 Å². The Labute approximate surface area is 195 Å². The van der Waals surface area contributed by atoms with Crippen molar-refractivity contribution in [3.8, 4) is 0 Å². The molecule has 8 nitrogen and oxygen atoms in total. The van der Waals surface area contributed by atoms with Gasteiger partial charge in [-0.1, -0.05) is 49.0 Å². The molecule has 0 bridgehead atoms. The summed E-state index contributed by atoms with van der Waals surface area (Å²) >= 11 is 1.38. The molecule has 0 saturated carbocycles. The van der Waals surface area contributed by atoms with Crippen LogP contribution in [-0.4, -0.2) is 22.5 Å². The molecule has 0 aromatic heterocycles. The predicted octanol–water partition coefficient (Wildman–Crippen LogP) is 4.37. The summed E-state index contributed by atoms with van der Waals surface area (Å²) in [6, 6.07) is 22.2. The monoisotopic (exact) mass is 462 g/mol. The van der Waals surface area contributed by atoms with Crippen molar-refractivity contribution < 1.29 is 14.5 Å². The molecule has 0 spiro atoms. The number of benzene rings is 3. The first-order chi connectivity index (χ1) is 15.9. The normalized spacial score (nSPS) is 10.2. The lowest BCUT2D eigenvalue weighted by molar-refractivity contribution is -0.384. The molecule has 3 rings (SSSR count). The molecule has 0 unspecified atom stereocenters. The molecule has 0 atom stereocenters. The molecule has 0 radical (unpaired) electrons. The number of nitro benzene ring substituents is 1. The predicted molar refractivity (Wildman–Crippen MR) is 130 cm³/mol. The number of carbonyl (C=O) groups is 2. The van der Waals surface area contributed by atoms with Gasteiger partial charge in [-0.05, 0) is 29.8 Å². The largest absolute Gasteiger partial charge is 0.322 e. The highest BCUT2D eigenvalue weighted by Crippen LogP contribution is 2.18. The van der Waals surface area contributed by atoms with E-state index in [2.05, 4.69) is 22.7 Å². The Balaban J connectivity index is 1.44. The molecule has 0 aliphatic heterocycles. The zero-order chi connectivity index (χ0) is 23.6. The number of rotatable bonds is 10. The first-order valence-corrected chi connectivity index (χ1v) is 11.1. The molecule has 0 aliphatic carbocycles. The van der Waals surface area contributed by atoms with E-state index < -0.39 is 4.92 Å². The van der Waals surface area contributed by atoms with Crippen molar-refractivity contribution in [1.82, 2.24) is 10.9 Å². The Bertz CT molecular complexity index is 1150. The molecule has 3 aromatic rings. The lowest BCUT2D eigenvalue weighted by Gasteiger charge is -2.13. The van der Waals surface area contributed by atoms with E-state index in [4.69, 9.17) is 0 Å². The van der Waals surface area contributed by atoms with E-state index in [1.165, 1.54) is 23.9 Å². The van der Waals surface area contributed by atoms with E-state index in [0.29, 0.717) is 28.3 Å². The standard InChI is InChI=1S/C24H22N4O4S/c1-17(20-8-5-9-21(14-20)25-24(30)19-6-3-2-4-7-19)26-27-23(29)16-33-15-18-10-12-22(13-11-18)28(31)32/h2-14,26H,1,15-16H2,(H,25,30)(H,27,29). The number of thioether (sulfide) groups is 1. The molecule has 0 heterocycles. The van der Waals surface area contributed by atoms with Gasteiger partial charge in [-0.25, -0.2) is 0 Å². The van der Waals surface area contributed by atoms with Gasteiger partial charge in [-0.3, -0.25) is 30.6 Å². The minimum absolute atomic E-state index is 0.0351. The van der Waals surface area contributed by atoms with Crippen molar-refractivity contribution >= 4 is 40.6 Å². The molecule has 0 saturated heterocycles. The Morgan fingerprint density at radius 2 is 1.61 bits per heavy atom. The van der Waals surface area contributed by atoms with E-state index in [9.17, 15) is 19.7 Å². The summed E-state index contributed by atoms with van der Waals surface area (Å²) < 4.78 is 0. The number of amides is 2. The summed E-state index contributed by atoms with van der Waals surface area (Å²) in [5.41, 5.74) is 8.64. The van der Waals surface area contributed by atoms with Crippen LogP contribution in [0.3, 0.4) is 0 Å². The zero-order valence-electron chi connectivity index (χ0n) is 17.6. The highest BCUT2D eigenvalue weighted by molar-refractivity contribution is 7.99. The minimum atomic E-state index is -0.449. The fourth-order valence-corrected chi connectivity index (χ4v) is 3.59. The molecule has 3 N–H and O–H groups in total. The third-order valence-corrected chi connectivity index (χ3v) is 5.51. The van der Waals surface area contributed by atoms with E-state index in [1.807, 2.05) is 12.1 Å². The third kappa shape index (κ3) is 7.22. The third-order valence-electron chi connectivity index (χ3n) is 4.51. The lowest BCUT2D eigenvalue weighted by Crippen LogP contribution is -2.37. The van der Waals surface area contributed by atoms with Crippen LogP contribution < -0.4 is 16.2 Å². The average molecular weight is 463 g/mol. The summed E-state index contributed by atoms with van der Waals surface area (Å²) in [6.45, 7) is 3.93. The first kappa shape index (κ1) is 23.6. The topological polar surface area (TPSA) is 113 Å². The maximum absolute atomic E-state index is 12.3. The molecule has 33 heavy (non-hydrogen) atoms. The Kier molecular flexibility index (Phi) is 8.20. The van der Waals surface area contributed by atoms with Crippen LogP contribution in [0.4, 0.5) is 11.4 Å². The number of anilines is 1. The molecule has 0 aliphatic rings. The number of hydrogen-bond donors (Lipinski definition) is 3. The molecule has 9 heteroatoms. The van der Waals surface area contributed by atoms with E-state index in [1.54, 1.807) is 54.6 Å². The fraction of sp³-hybridized carbons (Fsp3) is 0.0833. The second-order valence-corrected chi connectivity index (χ2v) is 7.95. The van der Waals surface area contributed by atoms with Crippen LogP contribution in [0.25, 0.3) is 5.70 Å². The zero-order valence-corrected chi connectivity index (χ0v) is 18.4. The van der Waals surface area contributed by atoms with Crippen molar-refractivity contribution in [2.24, 2.45) is 0 Å². The van der Waals surface area contributed by atoms with E-state index in [0.717, 1.165) is 5.56 Å². The van der Waals surface area contributed by atoms with Crippen molar-refractivity contribution in [1.29, 1.82) is 0 Å². The minimum Gasteiger partial charge on any atom is -0.322 e. The maximum Gasteiger partial charge on any atom is 0.269 e. The van der Waals surface area contributed by atoms with Gasteiger partial charge in [0.1, 0.15) is 0 Å². The summed E-state index contributed by atoms with van der Waals surface area (Å²) in [7, 11) is 0. The van der Waals surface area contributed by atoms with Gasteiger partial charge in [0.2, 0.25) is 5.91 Å². The SMILES string of the molecule is C=C(NNC(=O)CSCc1ccc([N+](=O)[O-])cc1)c1cccc(NC(=O)c2ccccc2)c1. The first-order valence-electron chi connectivity index (χ1n) is 9.94. The second kappa shape index (κ2) is 11.5. The number of non-ortho nitro benzene ring substituents is 1. The summed E-state index contributed by atoms with van der Waals surface area (Å²) in [5, 5.41) is 13.5. The quantitative estimate of drug-likeness (QED) is 0.305. The number of nitrogens with zero attached hydrogens (tertiary/aromatic N) is 1. The van der Waals surface area contributed by atoms with Gasteiger partial charge < -0.3 is 5.32 Å². The summed E-state index contributed by atoms with van der Waals surface area (Å²) in [4.78, 5) is 34.7. The molecule has 0 fully saturated rings. The summed E-state index contributed by atoms with van der Waals surface area (Å²) in [5.74, 6) is 0.293. The number of nitrogens with one attached hydrogen (secondary N) is 3. The summed E-state index contributed by atoms with van der Waals surface area (Å²) in [6.07, 6.45) is 0. The number of hydrogen-bond acceptors (Lipinski definition) is 6. The van der Waals surface area contributed by atoms with Gasteiger partial charge in [-0.15, -0.1) is 11.8 Å². The maximum atomic E-state index is 12.3. The van der Waals surface area contributed by atoms with E-state index >= 15 is 0 Å². The van der Waals surface area contributed by atoms with E-state index in [-0.39, 0.29) is 23.3 Å². The van der Waals surface area contributed by atoms with Gasteiger partial charge in [0.25, 0.3) is 11.6 Å². The van der Waals surface area contributed by atoms with Crippen molar-refractivity contribution in [3.63, 3.8) is 0 Å². The molecular weight excluding hydrogens is 440 g/mol. The molecule has 3 aromatic carbocycles. The highest BCUT2D eigenvalue weighted by atomic mass is 32.2. The molecule has 2 amide bonds. The van der Waals surface area contributed by atoms with Crippen LogP contribution in [0.1, 0.15) is 21.5 Å². The van der Waals surface area contributed by atoms with Crippen molar-refractivity contribution in [2.75, 3.05) is 11.1 Å². The molecule has 168 valence electrons. The number of nitro groups is 1. The Hall–Kier alpha value is -4.11. The smallest absolute Gasteiger partial charge is 0.269 e. The Morgan fingerprint density at radius 3 is 2.30 bits per heavy atom. The van der Waals surface area contributed by atoms with Gasteiger partial charge in [0.05, 0.1) is 16.4 Å². The van der Waals surface area contributed by atoms with Gasteiger partial charge in [0.15, 0.2) is 0 Å². The van der Waals surface area contributed by atoms with Crippen LogP contribution in [0.15, 0.2) is 85.4 Å². The average Bonchev–Trinajstić information content (AvgIpc) is 2.83. The van der Waals surface area contributed by atoms with Crippen LogP contribution in [0.5, 0.6) is 0 Å². The van der Waals surface area contributed by atoms with Crippen LogP contribution in [0.2, 0.25) is 0 Å². The van der Waals surface area contributed by atoms with Gasteiger partial charge in [-0.2, -0.15) is 0 Å². The van der Waals surface area contributed by atoms with Crippen LogP contribution in [0, 0.1) is 10.1 Å². The van der Waals surface area contributed by atoms with Gasteiger partial charge in [0, 0.05) is 34.7 Å². The fourth-order valence-electron chi connectivity index (χ4n) is 2.81. The Morgan fingerprint density at radius 1 is 0.909 bits per heavy atom.